The van der Waals surface area contributed by atoms with Crippen molar-refractivity contribution < 1.29 is 27.5 Å². The Balaban J connectivity index is 1.22. The molecule has 5 heterocycles. The van der Waals surface area contributed by atoms with E-state index in [4.69, 9.17) is 9.72 Å². The van der Waals surface area contributed by atoms with E-state index in [-0.39, 0.29) is 23.0 Å². The van der Waals surface area contributed by atoms with E-state index in [0.29, 0.717) is 55.7 Å². The summed E-state index contributed by atoms with van der Waals surface area (Å²) >= 11 is 0. The summed E-state index contributed by atoms with van der Waals surface area (Å²) < 4.78 is 48.9. The molecule has 0 radical (unpaired) electrons. The molecule has 11 nitrogen and oxygen atoms in total. The number of para-hydroxylation sites is 3. The van der Waals surface area contributed by atoms with Gasteiger partial charge in [0, 0.05) is 51.1 Å². The molecular formula is C34H35F3N8O3. The molecule has 14 heteroatoms. The summed E-state index contributed by atoms with van der Waals surface area (Å²) in [5.74, 6) is -0.617. The van der Waals surface area contributed by atoms with Gasteiger partial charge in [0.1, 0.15) is 18.4 Å². The number of amides is 2. The summed E-state index contributed by atoms with van der Waals surface area (Å²) in [6, 6.07) is 15.5. The maximum atomic E-state index is 14.1. The van der Waals surface area contributed by atoms with Crippen molar-refractivity contribution in [3.05, 3.63) is 72.4 Å². The zero-order valence-electron chi connectivity index (χ0n) is 26.6. The molecule has 3 aromatic heterocycles. The zero-order chi connectivity index (χ0) is 33.6. The molecule has 1 N–H and O–H groups in total. The van der Waals surface area contributed by atoms with Crippen LogP contribution in [0.1, 0.15) is 37.5 Å². The lowest BCUT2D eigenvalue weighted by Crippen LogP contribution is -2.56. The van der Waals surface area contributed by atoms with Crippen LogP contribution in [0.5, 0.6) is 5.88 Å². The van der Waals surface area contributed by atoms with Crippen LogP contribution in [0, 0.1) is 0 Å². The van der Waals surface area contributed by atoms with E-state index in [2.05, 4.69) is 19.9 Å². The van der Waals surface area contributed by atoms with E-state index >= 15 is 0 Å². The van der Waals surface area contributed by atoms with Crippen molar-refractivity contribution in [1.29, 1.82) is 0 Å². The predicted octanol–water partition coefficient (Wildman–Crippen LogP) is 4.90. The number of nitrogens with zero attached hydrogens (tertiary/aromatic N) is 7. The molecule has 0 saturated carbocycles. The maximum absolute atomic E-state index is 14.1. The molecule has 7 rings (SSSR count). The monoisotopic (exact) mass is 660 g/mol. The second kappa shape index (κ2) is 12.6. The molecule has 2 saturated heterocycles. The molecule has 0 spiro atoms. The van der Waals surface area contributed by atoms with Crippen molar-refractivity contribution in [3.63, 3.8) is 0 Å². The number of imidazole rings is 2. The Bertz CT molecular complexity index is 1980. The molecule has 1 atom stereocenters. The van der Waals surface area contributed by atoms with Gasteiger partial charge < -0.3 is 24.1 Å². The van der Waals surface area contributed by atoms with Crippen molar-refractivity contribution in [3.8, 4) is 17.1 Å². The van der Waals surface area contributed by atoms with Crippen molar-refractivity contribution in [2.24, 2.45) is 0 Å². The maximum Gasteiger partial charge on any atom is 0.449 e. The van der Waals surface area contributed by atoms with Gasteiger partial charge in [0.15, 0.2) is 0 Å². The van der Waals surface area contributed by atoms with Gasteiger partial charge >= 0.3 is 6.18 Å². The molecule has 2 aromatic carbocycles. The first-order valence-electron chi connectivity index (χ1n) is 15.9. The number of ether oxygens (including phenoxy) is 1. The number of carbonyl (C=O) groups is 2. The topological polar surface area (TPSA) is 112 Å². The Morgan fingerprint density at radius 2 is 1.71 bits per heavy atom. The largest absolute Gasteiger partial charge is 0.480 e. The number of aromatic nitrogens is 5. The van der Waals surface area contributed by atoms with Crippen LogP contribution in [0.25, 0.3) is 33.2 Å². The van der Waals surface area contributed by atoms with Crippen LogP contribution < -0.4 is 4.74 Å². The van der Waals surface area contributed by atoms with Gasteiger partial charge in [-0.3, -0.25) is 14.5 Å². The van der Waals surface area contributed by atoms with Crippen LogP contribution >= 0.6 is 0 Å². The number of halogens is 3. The molecule has 1 unspecified atom stereocenters. The molecule has 2 aliphatic rings. The fraction of sp³-hybridized carbons (Fsp3) is 0.382. The molecule has 250 valence electrons. The van der Waals surface area contributed by atoms with Gasteiger partial charge in [-0.2, -0.15) is 13.2 Å². The Morgan fingerprint density at radius 3 is 2.44 bits per heavy atom. The van der Waals surface area contributed by atoms with Crippen LogP contribution in [0.2, 0.25) is 0 Å². The summed E-state index contributed by atoms with van der Waals surface area (Å²) in [6.07, 6.45) is -1.49. The minimum Gasteiger partial charge on any atom is -0.480 e. The molecular weight excluding hydrogens is 625 g/mol. The van der Waals surface area contributed by atoms with Crippen molar-refractivity contribution in [1.82, 2.24) is 39.2 Å². The standard InChI is InChI=1S/C34H35F3N8O3/c1-21(46)42-13-11-23(12-14-42)43-15-16-44(30(47)20-45-28-10-6-5-9-26(28)41-33(45)34(35,36)37)29(19-43)31-38-18-27(39-31)24-17-22-7-3-4-8-25(22)40-32(24)48-2/h3-10,17-18,23,29H,11-16,19-20H2,1-2H3,(H,38,39). The van der Waals surface area contributed by atoms with Gasteiger partial charge in [-0.25, -0.2) is 15.0 Å². The van der Waals surface area contributed by atoms with E-state index in [0.717, 1.165) is 28.3 Å². The number of alkyl halides is 3. The molecule has 5 aromatic rings. The van der Waals surface area contributed by atoms with E-state index < -0.39 is 30.5 Å². The lowest BCUT2D eigenvalue weighted by Gasteiger charge is -2.46. The number of benzene rings is 2. The number of pyridine rings is 1. The number of fused-ring (bicyclic) bond motifs is 2. The minimum atomic E-state index is -4.74. The zero-order valence-corrected chi connectivity index (χ0v) is 26.6. The molecule has 2 amide bonds. The predicted molar refractivity (Wildman–Crippen MR) is 172 cm³/mol. The number of H-pyrrole nitrogens is 1. The van der Waals surface area contributed by atoms with Gasteiger partial charge in [-0.05, 0) is 37.1 Å². The highest BCUT2D eigenvalue weighted by Gasteiger charge is 2.41. The van der Waals surface area contributed by atoms with Crippen LogP contribution in [-0.2, 0) is 22.3 Å². The summed E-state index contributed by atoms with van der Waals surface area (Å²) in [7, 11) is 1.55. The third kappa shape index (κ3) is 5.96. The number of carbonyl (C=O) groups excluding carboxylic acids is 2. The van der Waals surface area contributed by atoms with Crippen LogP contribution in [0.3, 0.4) is 0 Å². The SMILES string of the molecule is COc1nc2ccccc2cc1-c1cnc(C2CN(C3CCN(C(C)=O)CC3)CCN2C(=O)Cn2c(C(F)(F)F)nc3ccccc32)[nH]1. The first-order chi connectivity index (χ1) is 23.1. The third-order valence-corrected chi connectivity index (χ3v) is 9.44. The molecule has 0 bridgehead atoms. The van der Waals surface area contributed by atoms with Crippen LogP contribution in [0.4, 0.5) is 13.2 Å². The van der Waals surface area contributed by atoms with Gasteiger partial charge in [0.2, 0.25) is 23.5 Å². The second-order valence-corrected chi connectivity index (χ2v) is 12.3. The fourth-order valence-electron chi connectivity index (χ4n) is 6.98. The van der Waals surface area contributed by atoms with Gasteiger partial charge in [0.25, 0.3) is 0 Å². The average molecular weight is 661 g/mol. The highest BCUT2D eigenvalue weighted by molar-refractivity contribution is 5.85. The highest BCUT2D eigenvalue weighted by Crippen LogP contribution is 2.35. The first kappa shape index (κ1) is 31.6. The summed E-state index contributed by atoms with van der Waals surface area (Å²) in [6.45, 7) is 3.60. The number of rotatable bonds is 6. The quantitative estimate of drug-likeness (QED) is 0.276. The summed E-state index contributed by atoms with van der Waals surface area (Å²) in [5.41, 5.74) is 2.51. The van der Waals surface area contributed by atoms with Crippen molar-refractivity contribution in [2.45, 2.75) is 44.6 Å². The van der Waals surface area contributed by atoms with Crippen LogP contribution in [0.15, 0.2) is 60.8 Å². The van der Waals surface area contributed by atoms with Crippen LogP contribution in [-0.4, -0.2) is 96.9 Å². The number of nitrogens with one attached hydrogen (secondary N) is 1. The minimum absolute atomic E-state index is 0.0497. The fourth-order valence-corrected chi connectivity index (χ4v) is 6.98. The number of piperazine rings is 1. The third-order valence-electron chi connectivity index (χ3n) is 9.44. The number of likely N-dealkylation sites (tertiary alicyclic amines) is 1. The lowest BCUT2D eigenvalue weighted by molar-refractivity contribution is -0.149. The Morgan fingerprint density at radius 1 is 0.979 bits per heavy atom. The number of piperidine rings is 1. The molecule has 2 aliphatic heterocycles. The molecule has 48 heavy (non-hydrogen) atoms. The number of hydrogen-bond donors (Lipinski definition) is 1. The lowest BCUT2D eigenvalue weighted by atomic mass is 10.00. The van der Waals surface area contributed by atoms with Gasteiger partial charge in [-0.1, -0.05) is 30.3 Å². The second-order valence-electron chi connectivity index (χ2n) is 12.3. The number of methoxy groups -OCH3 is 1. The summed E-state index contributed by atoms with van der Waals surface area (Å²) in [5, 5.41) is 0.912. The Hall–Kier alpha value is -4.98. The number of aromatic amines is 1. The van der Waals surface area contributed by atoms with E-state index in [1.807, 2.05) is 35.2 Å². The number of hydrogen-bond acceptors (Lipinski definition) is 7. The highest BCUT2D eigenvalue weighted by atomic mass is 19.4. The molecule has 2 fully saturated rings. The van der Waals surface area contributed by atoms with Crippen molar-refractivity contribution >= 4 is 33.8 Å². The molecule has 0 aliphatic carbocycles. The summed E-state index contributed by atoms with van der Waals surface area (Å²) in [4.78, 5) is 48.3. The first-order valence-corrected chi connectivity index (χ1v) is 15.9. The normalized spacial score (nSPS) is 18.1. The average Bonchev–Trinajstić information content (AvgIpc) is 3.73. The smallest absolute Gasteiger partial charge is 0.449 e. The Labute approximate surface area is 274 Å². The Kier molecular flexibility index (Phi) is 8.27. The van der Waals surface area contributed by atoms with E-state index in [1.54, 1.807) is 37.3 Å². The van der Waals surface area contributed by atoms with Gasteiger partial charge in [-0.15, -0.1) is 0 Å². The van der Waals surface area contributed by atoms with E-state index in [1.165, 1.54) is 12.1 Å². The van der Waals surface area contributed by atoms with E-state index in [9.17, 15) is 22.8 Å². The van der Waals surface area contributed by atoms with Crippen molar-refractivity contribution in [2.75, 3.05) is 39.8 Å². The van der Waals surface area contributed by atoms with Gasteiger partial charge in [0.05, 0.1) is 41.1 Å².